The third-order valence-electron chi connectivity index (χ3n) is 4.08. The molecule has 1 aliphatic rings. The molecule has 8 heteroatoms. The van der Waals surface area contributed by atoms with E-state index in [0.717, 1.165) is 25.7 Å². The van der Waals surface area contributed by atoms with Crippen LogP contribution >= 0.6 is 0 Å². The van der Waals surface area contributed by atoms with Gasteiger partial charge in [-0.1, -0.05) is 19.4 Å². The first-order valence-electron chi connectivity index (χ1n) is 9.09. The van der Waals surface area contributed by atoms with Crippen molar-refractivity contribution in [3.05, 3.63) is 24.3 Å². The van der Waals surface area contributed by atoms with E-state index in [2.05, 4.69) is 15.4 Å². The first-order valence-corrected chi connectivity index (χ1v) is 10.6. The van der Waals surface area contributed by atoms with Gasteiger partial charge in [0, 0.05) is 31.1 Å². The zero-order chi connectivity index (χ0) is 19.0. The molecule has 1 aliphatic carbocycles. The number of benzene rings is 1. The van der Waals surface area contributed by atoms with Crippen molar-refractivity contribution in [3.63, 3.8) is 0 Å². The molecule has 3 N–H and O–H groups in total. The molecule has 0 aliphatic heterocycles. The summed E-state index contributed by atoms with van der Waals surface area (Å²) in [7, 11) is -3.57. The molecular weight excluding hydrogens is 354 g/mol. The minimum absolute atomic E-state index is 0.0684. The number of hydrogen-bond donors (Lipinski definition) is 3. The van der Waals surface area contributed by atoms with Crippen LogP contribution in [0.15, 0.2) is 29.2 Å². The van der Waals surface area contributed by atoms with Crippen LogP contribution in [0.1, 0.15) is 45.4 Å². The van der Waals surface area contributed by atoms with Gasteiger partial charge in [-0.2, -0.15) is 0 Å². The largest absolute Gasteiger partial charge is 0.356 e. The summed E-state index contributed by atoms with van der Waals surface area (Å²) < 4.78 is 27.0. The number of anilines is 1. The topological polar surface area (TPSA) is 104 Å². The summed E-state index contributed by atoms with van der Waals surface area (Å²) in [4.78, 5) is 23.6. The average molecular weight is 381 g/mol. The zero-order valence-electron chi connectivity index (χ0n) is 15.1. The maximum absolute atomic E-state index is 12.2. The Bertz CT molecular complexity index is 730. The quantitative estimate of drug-likeness (QED) is 0.510. The van der Waals surface area contributed by atoms with Crippen LogP contribution in [0, 0.1) is 5.92 Å². The Morgan fingerprint density at radius 3 is 2.62 bits per heavy atom. The molecule has 144 valence electrons. The number of hydrogen-bond acceptors (Lipinski definition) is 4. The molecular formula is C18H27N3O4S. The second-order valence-electron chi connectivity index (χ2n) is 6.50. The number of unbranched alkanes of at least 4 members (excludes halogenated alkanes) is 1. The van der Waals surface area contributed by atoms with E-state index in [1.54, 1.807) is 12.1 Å². The fourth-order valence-electron chi connectivity index (χ4n) is 2.38. The van der Waals surface area contributed by atoms with E-state index in [9.17, 15) is 18.0 Å². The number of carbonyl (C=O) groups is 2. The Labute approximate surface area is 155 Å². The van der Waals surface area contributed by atoms with E-state index in [1.807, 2.05) is 6.92 Å². The van der Waals surface area contributed by atoms with Crippen LogP contribution in [0.2, 0.25) is 0 Å². The van der Waals surface area contributed by atoms with Gasteiger partial charge in [-0.25, -0.2) is 13.1 Å². The number of amides is 2. The van der Waals surface area contributed by atoms with Crippen LogP contribution in [0.5, 0.6) is 0 Å². The third kappa shape index (κ3) is 6.76. The summed E-state index contributed by atoms with van der Waals surface area (Å²) in [6.45, 7) is 2.85. The molecule has 1 saturated carbocycles. The minimum Gasteiger partial charge on any atom is -0.356 e. The maximum Gasteiger partial charge on any atom is 0.240 e. The van der Waals surface area contributed by atoms with Gasteiger partial charge in [-0.05, 0) is 43.9 Å². The van der Waals surface area contributed by atoms with Crippen LogP contribution in [0.25, 0.3) is 0 Å². The van der Waals surface area contributed by atoms with Crippen molar-refractivity contribution < 1.29 is 18.0 Å². The monoisotopic (exact) mass is 381 g/mol. The van der Waals surface area contributed by atoms with Crippen LogP contribution < -0.4 is 15.4 Å². The van der Waals surface area contributed by atoms with Crippen LogP contribution in [0.4, 0.5) is 5.69 Å². The Morgan fingerprint density at radius 1 is 1.15 bits per heavy atom. The normalized spacial score (nSPS) is 14.0. The first kappa shape index (κ1) is 20.4. The lowest BCUT2D eigenvalue weighted by molar-refractivity contribution is -0.122. The summed E-state index contributed by atoms with van der Waals surface area (Å²) in [6.07, 6.45) is 4.39. The number of sulfonamides is 1. The lowest BCUT2D eigenvalue weighted by atomic mass is 10.2. The van der Waals surface area contributed by atoms with Gasteiger partial charge in [0.05, 0.1) is 4.90 Å². The molecule has 0 aromatic heterocycles. The smallest absolute Gasteiger partial charge is 0.240 e. The van der Waals surface area contributed by atoms with Crippen molar-refractivity contribution in [1.82, 2.24) is 10.0 Å². The molecule has 0 heterocycles. The second-order valence-corrected chi connectivity index (χ2v) is 8.26. The van der Waals surface area contributed by atoms with Crippen molar-refractivity contribution in [2.45, 2.75) is 50.3 Å². The van der Waals surface area contributed by atoms with Gasteiger partial charge in [0.1, 0.15) is 0 Å². The fraction of sp³-hybridized carbons (Fsp3) is 0.556. The molecule has 0 spiro atoms. The van der Waals surface area contributed by atoms with Gasteiger partial charge in [-0.3, -0.25) is 9.59 Å². The Balaban J connectivity index is 1.79. The minimum atomic E-state index is -3.57. The van der Waals surface area contributed by atoms with Gasteiger partial charge in [0.2, 0.25) is 21.8 Å². The molecule has 0 atom stereocenters. The van der Waals surface area contributed by atoms with E-state index in [4.69, 9.17) is 0 Å². The van der Waals surface area contributed by atoms with Crippen LogP contribution in [-0.2, 0) is 19.6 Å². The fourth-order valence-corrected chi connectivity index (χ4v) is 3.50. The highest BCUT2D eigenvalue weighted by molar-refractivity contribution is 7.89. The molecule has 1 aromatic carbocycles. The molecule has 26 heavy (non-hydrogen) atoms. The van der Waals surface area contributed by atoms with Crippen LogP contribution in [0.3, 0.4) is 0 Å². The van der Waals surface area contributed by atoms with Crippen molar-refractivity contribution in [2.24, 2.45) is 5.92 Å². The molecule has 0 bridgehead atoms. The summed E-state index contributed by atoms with van der Waals surface area (Å²) >= 11 is 0. The van der Waals surface area contributed by atoms with Crippen LogP contribution in [-0.4, -0.2) is 33.3 Å². The summed E-state index contributed by atoms with van der Waals surface area (Å²) in [5.41, 5.74) is 0.440. The molecule has 1 aromatic rings. The predicted molar refractivity (Wildman–Crippen MR) is 100 cm³/mol. The van der Waals surface area contributed by atoms with Crippen molar-refractivity contribution in [3.8, 4) is 0 Å². The maximum atomic E-state index is 12.2. The number of carbonyl (C=O) groups excluding carboxylic acids is 2. The predicted octanol–water partition coefficient (Wildman–Crippen LogP) is 2.01. The second kappa shape index (κ2) is 9.68. The summed E-state index contributed by atoms with van der Waals surface area (Å²) in [5.74, 6) is 0.0255. The Morgan fingerprint density at radius 2 is 1.92 bits per heavy atom. The number of rotatable bonds is 11. The SMILES string of the molecule is CCCCNS(=O)(=O)c1cccc(NC(=O)CCCNC(=O)C2CC2)c1. The highest BCUT2D eigenvalue weighted by Gasteiger charge is 2.28. The molecule has 2 amide bonds. The first-order chi connectivity index (χ1) is 12.4. The van der Waals surface area contributed by atoms with Crippen molar-refractivity contribution in [1.29, 1.82) is 0 Å². The molecule has 0 saturated heterocycles. The highest BCUT2D eigenvalue weighted by Crippen LogP contribution is 2.28. The third-order valence-corrected chi connectivity index (χ3v) is 5.54. The van der Waals surface area contributed by atoms with Crippen molar-refractivity contribution in [2.75, 3.05) is 18.4 Å². The van der Waals surface area contributed by atoms with E-state index in [-0.39, 0.29) is 29.0 Å². The molecule has 7 nitrogen and oxygen atoms in total. The van der Waals surface area contributed by atoms with Crippen molar-refractivity contribution >= 4 is 27.5 Å². The average Bonchev–Trinajstić information content (AvgIpc) is 3.44. The van der Waals surface area contributed by atoms with Gasteiger partial charge in [0.25, 0.3) is 0 Å². The molecule has 0 radical (unpaired) electrons. The highest BCUT2D eigenvalue weighted by atomic mass is 32.2. The lowest BCUT2D eigenvalue weighted by Gasteiger charge is -2.09. The standard InChI is InChI=1S/C18H27N3O4S/c1-2-3-12-20-26(24,25)16-7-4-6-15(13-16)21-17(22)8-5-11-19-18(23)14-9-10-14/h4,6-7,13-14,20H,2-3,5,8-12H2,1H3,(H,19,23)(H,21,22). The van der Waals surface area contributed by atoms with Gasteiger partial charge >= 0.3 is 0 Å². The Kier molecular flexibility index (Phi) is 7.59. The molecule has 1 fully saturated rings. The van der Waals surface area contributed by atoms with E-state index in [0.29, 0.717) is 25.2 Å². The van der Waals surface area contributed by atoms with Gasteiger partial charge in [-0.15, -0.1) is 0 Å². The Hall–Kier alpha value is -1.93. The lowest BCUT2D eigenvalue weighted by Crippen LogP contribution is -2.26. The summed E-state index contributed by atoms with van der Waals surface area (Å²) in [5, 5.41) is 5.51. The van der Waals surface area contributed by atoms with E-state index >= 15 is 0 Å². The van der Waals surface area contributed by atoms with E-state index < -0.39 is 10.0 Å². The number of nitrogens with one attached hydrogen (secondary N) is 3. The van der Waals surface area contributed by atoms with Gasteiger partial charge < -0.3 is 10.6 Å². The molecule has 0 unspecified atom stereocenters. The van der Waals surface area contributed by atoms with Gasteiger partial charge in [0.15, 0.2) is 0 Å². The van der Waals surface area contributed by atoms with E-state index in [1.165, 1.54) is 12.1 Å². The zero-order valence-corrected chi connectivity index (χ0v) is 15.9. The molecule has 2 rings (SSSR count). The summed E-state index contributed by atoms with van der Waals surface area (Å²) in [6, 6.07) is 6.19.